The fraction of sp³-hybridized carbons (Fsp3) is 0.812. The average Bonchev–Trinajstić information content (AvgIpc) is 2.46. The maximum Gasteiger partial charge on any atom is 0.298 e. The summed E-state index contributed by atoms with van der Waals surface area (Å²) in [6, 6.07) is 0. The summed E-state index contributed by atoms with van der Waals surface area (Å²) in [5, 5.41) is 0. The van der Waals surface area contributed by atoms with Gasteiger partial charge in [-0.3, -0.25) is 4.79 Å². The van der Waals surface area contributed by atoms with Gasteiger partial charge in [-0.1, -0.05) is 25.2 Å². The highest BCUT2D eigenvalue weighted by molar-refractivity contribution is 5.93. The third-order valence-electron chi connectivity index (χ3n) is 4.95. The monoisotopic (exact) mass is 245 g/mol. The maximum atomic E-state index is 12.1. The van der Waals surface area contributed by atoms with E-state index in [1.54, 1.807) is 0 Å². The quantitative estimate of drug-likeness (QED) is 0.601. The number of hydrogen-bond donors (Lipinski definition) is 0. The van der Waals surface area contributed by atoms with Crippen molar-refractivity contribution in [3.05, 3.63) is 0 Å². The molecule has 1 saturated heterocycles. The van der Waals surface area contributed by atoms with Gasteiger partial charge in [0.2, 0.25) is 0 Å². The number of likely N-dealkylation sites (tertiary alicyclic amines) is 1. The SMILES string of the molecule is O=C(C#CC1CCC1)N1CCC2CCCC(C2)C1. The minimum absolute atomic E-state index is 0.0921. The first kappa shape index (κ1) is 12.1. The van der Waals surface area contributed by atoms with E-state index in [0.29, 0.717) is 5.92 Å². The zero-order valence-electron chi connectivity index (χ0n) is 11.2. The molecule has 0 N–H and O–H groups in total. The van der Waals surface area contributed by atoms with Gasteiger partial charge < -0.3 is 4.90 Å². The van der Waals surface area contributed by atoms with Crippen LogP contribution in [0.1, 0.15) is 51.4 Å². The van der Waals surface area contributed by atoms with Gasteiger partial charge in [-0.15, -0.1) is 0 Å². The van der Waals surface area contributed by atoms with Crippen molar-refractivity contribution >= 4 is 5.91 Å². The fourth-order valence-electron chi connectivity index (χ4n) is 3.55. The molecule has 0 aromatic carbocycles. The van der Waals surface area contributed by atoms with Gasteiger partial charge in [-0.05, 0) is 49.9 Å². The Hall–Kier alpha value is -0.970. The lowest BCUT2D eigenvalue weighted by Gasteiger charge is -2.26. The van der Waals surface area contributed by atoms with Crippen molar-refractivity contribution in [2.75, 3.05) is 13.1 Å². The van der Waals surface area contributed by atoms with Crippen LogP contribution in [0, 0.1) is 29.6 Å². The number of hydrogen-bond acceptors (Lipinski definition) is 1. The first-order valence-corrected chi connectivity index (χ1v) is 7.61. The molecule has 2 atom stereocenters. The van der Waals surface area contributed by atoms with Gasteiger partial charge in [-0.2, -0.15) is 0 Å². The van der Waals surface area contributed by atoms with E-state index in [2.05, 4.69) is 11.8 Å². The molecule has 0 aromatic rings. The number of carbonyl (C=O) groups is 1. The van der Waals surface area contributed by atoms with Crippen molar-refractivity contribution in [2.24, 2.45) is 17.8 Å². The van der Waals surface area contributed by atoms with E-state index in [1.807, 2.05) is 4.90 Å². The molecule has 0 aromatic heterocycles. The zero-order chi connectivity index (χ0) is 12.4. The third-order valence-corrected chi connectivity index (χ3v) is 4.95. The number of rotatable bonds is 0. The Morgan fingerprint density at radius 2 is 1.78 bits per heavy atom. The van der Waals surface area contributed by atoms with Crippen LogP contribution >= 0.6 is 0 Å². The Bertz CT molecular complexity index is 374. The Morgan fingerprint density at radius 3 is 2.56 bits per heavy atom. The Labute approximate surface area is 110 Å². The van der Waals surface area contributed by atoms with E-state index in [9.17, 15) is 4.79 Å². The predicted octanol–water partition coefficient (Wildman–Crippen LogP) is 2.83. The van der Waals surface area contributed by atoms with Crippen molar-refractivity contribution in [1.29, 1.82) is 0 Å². The summed E-state index contributed by atoms with van der Waals surface area (Å²) in [6.45, 7) is 1.91. The minimum Gasteiger partial charge on any atom is -0.332 e. The zero-order valence-corrected chi connectivity index (χ0v) is 11.2. The maximum absolute atomic E-state index is 12.1. The van der Waals surface area contributed by atoms with Crippen LogP contribution in [-0.4, -0.2) is 23.9 Å². The Kier molecular flexibility index (Phi) is 3.59. The summed E-state index contributed by atoms with van der Waals surface area (Å²) >= 11 is 0. The second-order valence-electron chi connectivity index (χ2n) is 6.34. The summed E-state index contributed by atoms with van der Waals surface area (Å²) in [7, 11) is 0. The van der Waals surface area contributed by atoms with Crippen molar-refractivity contribution in [1.82, 2.24) is 4.90 Å². The molecule has 3 rings (SSSR count). The van der Waals surface area contributed by atoms with Crippen LogP contribution in [0.2, 0.25) is 0 Å². The third kappa shape index (κ3) is 2.71. The summed E-state index contributed by atoms with van der Waals surface area (Å²) in [5.41, 5.74) is 0. The van der Waals surface area contributed by atoms with Crippen LogP contribution in [-0.2, 0) is 4.79 Å². The van der Waals surface area contributed by atoms with Crippen LogP contribution in [0.25, 0.3) is 0 Å². The first-order valence-electron chi connectivity index (χ1n) is 7.61. The molecule has 0 radical (unpaired) electrons. The predicted molar refractivity (Wildman–Crippen MR) is 71.8 cm³/mol. The van der Waals surface area contributed by atoms with E-state index in [4.69, 9.17) is 0 Å². The molecular weight excluding hydrogens is 222 g/mol. The molecule has 1 aliphatic heterocycles. The normalized spacial score (nSPS) is 31.9. The lowest BCUT2D eigenvalue weighted by atomic mass is 9.81. The van der Waals surface area contributed by atoms with E-state index in [0.717, 1.165) is 24.9 Å². The van der Waals surface area contributed by atoms with Gasteiger partial charge in [0, 0.05) is 19.0 Å². The van der Waals surface area contributed by atoms with Crippen LogP contribution in [0.3, 0.4) is 0 Å². The molecule has 2 nitrogen and oxygen atoms in total. The highest BCUT2D eigenvalue weighted by Gasteiger charge is 2.29. The van der Waals surface area contributed by atoms with Gasteiger partial charge >= 0.3 is 0 Å². The Balaban J connectivity index is 1.60. The fourth-order valence-corrected chi connectivity index (χ4v) is 3.55. The second kappa shape index (κ2) is 5.34. The second-order valence-corrected chi connectivity index (χ2v) is 6.34. The van der Waals surface area contributed by atoms with Crippen LogP contribution in [0.5, 0.6) is 0 Å². The molecule has 3 aliphatic rings. The molecule has 1 amide bonds. The lowest BCUT2D eigenvalue weighted by molar-refractivity contribution is -0.125. The van der Waals surface area contributed by atoms with Crippen LogP contribution in [0.4, 0.5) is 0 Å². The lowest BCUT2D eigenvalue weighted by Crippen LogP contribution is -2.33. The molecule has 2 aliphatic carbocycles. The molecular formula is C16H23NO. The summed E-state index contributed by atoms with van der Waals surface area (Å²) in [5.74, 6) is 8.29. The summed E-state index contributed by atoms with van der Waals surface area (Å²) in [4.78, 5) is 14.2. The standard InChI is InChI=1S/C16H23NO/c18-16(8-7-13-3-1-4-13)17-10-9-14-5-2-6-15(11-14)12-17/h13-15H,1-6,9-12H2. The van der Waals surface area contributed by atoms with Gasteiger partial charge in [0.1, 0.15) is 0 Å². The van der Waals surface area contributed by atoms with Crippen molar-refractivity contribution < 1.29 is 4.79 Å². The van der Waals surface area contributed by atoms with E-state index in [1.165, 1.54) is 51.4 Å². The van der Waals surface area contributed by atoms with Gasteiger partial charge in [0.05, 0.1) is 0 Å². The van der Waals surface area contributed by atoms with Crippen molar-refractivity contribution in [3.8, 4) is 11.8 Å². The van der Waals surface area contributed by atoms with Gasteiger partial charge in [-0.25, -0.2) is 0 Å². The number of amides is 1. The molecule has 18 heavy (non-hydrogen) atoms. The number of carbonyl (C=O) groups excluding carboxylic acids is 1. The van der Waals surface area contributed by atoms with E-state index >= 15 is 0 Å². The minimum atomic E-state index is 0.0921. The van der Waals surface area contributed by atoms with Crippen LogP contribution < -0.4 is 0 Å². The van der Waals surface area contributed by atoms with Crippen LogP contribution in [0.15, 0.2) is 0 Å². The molecule has 2 heteroatoms. The number of nitrogens with zero attached hydrogens (tertiary/aromatic N) is 1. The molecule has 1 heterocycles. The first-order chi connectivity index (χ1) is 8.81. The summed E-state index contributed by atoms with van der Waals surface area (Å²) < 4.78 is 0. The highest BCUT2D eigenvalue weighted by Crippen LogP contribution is 2.34. The molecule has 2 saturated carbocycles. The van der Waals surface area contributed by atoms with Gasteiger partial charge in [0.15, 0.2) is 0 Å². The molecule has 2 bridgehead atoms. The molecule has 0 spiro atoms. The topological polar surface area (TPSA) is 20.3 Å². The number of fused-ring (bicyclic) bond motifs is 2. The highest BCUT2D eigenvalue weighted by atomic mass is 16.2. The Morgan fingerprint density at radius 1 is 1.00 bits per heavy atom. The van der Waals surface area contributed by atoms with Crippen molar-refractivity contribution in [3.63, 3.8) is 0 Å². The molecule has 3 fully saturated rings. The largest absolute Gasteiger partial charge is 0.332 e. The molecule has 98 valence electrons. The molecule has 2 unspecified atom stereocenters. The van der Waals surface area contributed by atoms with E-state index in [-0.39, 0.29) is 5.91 Å². The average molecular weight is 245 g/mol. The van der Waals surface area contributed by atoms with Crippen molar-refractivity contribution in [2.45, 2.75) is 51.4 Å². The smallest absolute Gasteiger partial charge is 0.298 e. The van der Waals surface area contributed by atoms with Gasteiger partial charge in [0.25, 0.3) is 5.91 Å². The van der Waals surface area contributed by atoms with E-state index < -0.39 is 0 Å². The summed E-state index contributed by atoms with van der Waals surface area (Å²) in [6.07, 6.45) is 10.3.